The van der Waals surface area contributed by atoms with Crippen molar-refractivity contribution in [3.8, 4) is 6.01 Å². The number of rotatable bonds is 4. The predicted molar refractivity (Wildman–Crippen MR) is 62.7 cm³/mol. The minimum atomic E-state index is 0.200. The lowest BCUT2D eigenvalue weighted by molar-refractivity contribution is 0.153. The molecular weight excluding hydrogens is 204 g/mol. The number of nitrogens with zero attached hydrogens (tertiary/aromatic N) is 2. The molecule has 0 bridgehead atoms. The van der Waals surface area contributed by atoms with Gasteiger partial charge in [-0.05, 0) is 32.4 Å². The van der Waals surface area contributed by atoms with Crippen molar-refractivity contribution in [1.29, 1.82) is 0 Å². The highest BCUT2D eigenvalue weighted by Gasteiger charge is 2.15. The van der Waals surface area contributed by atoms with Crippen molar-refractivity contribution in [2.75, 3.05) is 25.0 Å². The first kappa shape index (κ1) is 11.1. The molecule has 0 amide bonds. The normalized spacial score (nSPS) is 20.4. The van der Waals surface area contributed by atoms with Gasteiger partial charge in [-0.25, -0.2) is 4.98 Å². The van der Waals surface area contributed by atoms with Gasteiger partial charge in [-0.3, -0.25) is 0 Å². The summed E-state index contributed by atoms with van der Waals surface area (Å²) in [7, 11) is 0. The number of anilines is 1. The Labute approximate surface area is 95.6 Å². The van der Waals surface area contributed by atoms with E-state index in [2.05, 4.69) is 20.6 Å². The molecule has 1 saturated heterocycles. The van der Waals surface area contributed by atoms with Crippen LogP contribution in [0.4, 0.5) is 5.82 Å². The van der Waals surface area contributed by atoms with Crippen LogP contribution in [-0.4, -0.2) is 35.7 Å². The zero-order valence-corrected chi connectivity index (χ0v) is 9.57. The molecule has 1 aromatic rings. The van der Waals surface area contributed by atoms with E-state index in [0.717, 1.165) is 38.3 Å². The average Bonchev–Trinajstić information content (AvgIpc) is 2.31. The van der Waals surface area contributed by atoms with Crippen molar-refractivity contribution in [3.05, 3.63) is 12.3 Å². The topological polar surface area (TPSA) is 59.1 Å². The van der Waals surface area contributed by atoms with Gasteiger partial charge in [-0.2, -0.15) is 4.98 Å². The summed E-state index contributed by atoms with van der Waals surface area (Å²) in [5.74, 6) is 0.816. The highest BCUT2D eigenvalue weighted by Crippen LogP contribution is 2.12. The zero-order valence-electron chi connectivity index (χ0n) is 9.57. The van der Waals surface area contributed by atoms with Crippen molar-refractivity contribution in [2.45, 2.75) is 25.9 Å². The van der Waals surface area contributed by atoms with Crippen LogP contribution in [0, 0.1) is 0 Å². The molecule has 1 aliphatic heterocycles. The molecule has 1 fully saturated rings. The first-order valence-electron chi connectivity index (χ1n) is 5.83. The van der Waals surface area contributed by atoms with Gasteiger partial charge in [0.1, 0.15) is 11.9 Å². The lowest BCUT2D eigenvalue weighted by Crippen LogP contribution is -2.37. The van der Waals surface area contributed by atoms with Crippen LogP contribution in [0.1, 0.15) is 19.8 Å². The molecule has 0 saturated carbocycles. The maximum atomic E-state index is 5.72. The van der Waals surface area contributed by atoms with Gasteiger partial charge in [-0.1, -0.05) is 0 Å². The average molecular weight is 222 g/mol. The Balaban J connectivity index is 1.94. The largest absolute Gasteiger partial charge is 0.459 e. The molecule has 0 aromatic carbocycles. The molecule has 1 aliphatic rings. The third-order valence-corrected chi connectivity index (χ3v) is 2.52. The Morgan fingerprint density at radius 3 is 3.31 bits per heavy atom. The molecule has 5 nitrogen and oxygen atoms in total. The molecule has 2 rings (SSSR count). The molecule has 0 aliphatic carbocycles. The number of hydrogen-bond acceptors (Lipinski definition) is 5. The van der Waals surface area contributed by atoms with Crippen molar-refractivity contribution in [3.63, 3.8) is 0 Å². The van der Waals surface area contributed by atoms with E-state index in [4.69, 9.17) is 4.74 Å². The summed E-state index contributed by atoms with van der Waals surface area (Å²) in [6.45, 7) is 4.85. The molecule has 88 valence electrons. The third kappa shape index (κ3) is 3.06. The van der Waals surface area contributed by atoms with Crippen LogP contribution in [0.5, 0.6) is 6.01 Å². The molecule has 16 heavy (non-hydrogen) atoms. The minimum Gasteiger partial charge on any atom is -0.459 e. The molecule has 1 atom stereocenters. The minimum absolute atomic E-state index is 0.200. The number of ether oxygens (including phenoxy) is 1. The van der Waals surface area contributed by atoms with Crippen molar-refractivity contribution >= 4 is 5.82 Å². The molecule has 0 radical (unpaired) electrons. The predicted octanol–water partition coefficient (Wildman–Crippen LogP) is 1.04. The fourth-order valence-electron chi connectivity index (χ4n) is 1.75. The summed E-state index contributed by atoms with van der Waals surface area (Å²) in [5.41, 5.74) is 0. The van der Waals surface area contributed by atoms with Gasteiger partial charge in [0.15, 0.2) is 0 Å². The van der Waals surface area contributed by atoms with Crippen LogP contribution < -0.4 is 15.4 Å². The van der Waals surface area contributed by atoms with Crippen LogP contribution in [0.3, 0.4) is 0 Å². The van der Waals surface area contributed by atoms with E-state index in [1.165, 1.54) is 0 Å². The van der Waals surface area contributed by atoms with Crippen LogP contribution >= 0.6 is 0 Å². The van der Waals surface area contributed by atoms with Crippen molar-refractivity contribution in [2.24, 2.45) is 0 Å². The van der Waals surface area contributed by atoms with E-state index in [9.17, 15) is 0 Å². The van der Waals surface area contributed by atoms with Gasteiger partial charge in [0.25, 0.3) is 0 Å². The van der Waals surface area contributed by atoms with Crippen LogP contribution in [0.25, 0.3) is 0 Å². The summed E-state index contributed by atoms with van der Waals surface area (Å²) >= 11 is 0. The van der Waals surface area contributed by atoms with E-state index in [1.807, 2.05) is 13.0 Å². The van der Waals surface area contributed by atoms with Gasteiger partial charge in [0, 0.05) is 19.3 Å². The molecule has 1 aromatic heterocycles. The van der Waals surface area contributed by atoms with E-state index < -0.39 is 0 Å². The molecule has 2 heterocycles. The van der Waals surface area contributed by atoms with E-state index in [0.29, 0.717) is 6.01 Å². The van der Waals surface area contributed by atoms with E-state index >= 15 is 0 Å². The maximum absolute atomic E-state index is 5.72. The molecule has 0 spiro atoms. The van der Waals surface area contributed by atoms with Gasteiger partial charge in [0.2, 0.25) is 0 Å². The van der Waals surface area contributed by atoms with E-state index in [-0.39, 0.29) is 6.10 Å². The first-order chi connectivity index (χ1) is 7.88. The molecule has 2 N–H and O–H groups in total. The fourth-order valence-corrected chi connectivity index (χ4v) is 1.75. The quantitative estimate of drug-likeness (QED) is 0.797. The van der Waals surface area contributed by atoms with Gasteiger partial charge >= 0.3 is 6.01 Å². The first-order valence-corrected chi connectivity index (χ1v) is 5.83. The Kier molecular flexibility index (Phi) is 3.93. The summed E-state index contributed by atoms with van der Waals surface area (Å²) < 4.78 is 5.72. The standard InChI is InChI=1S/C11H18N4O/c1-2-13-10-5-7-14-11(15-10)16-9-4-3-6-12-8-9/h5,7,9,12H,2-4,6,8H2,1H3,(H,13,14,15). The summed E-state index contributed by atoms with van der Waals surface area (Å²) in [5, 5.41) is 6.44. The second-order valence-corrected chi connectivity index (χ2v) is 3.84. The smallest absolute Gasteiger partial charge is 0.318 e. The van der Waals surface area contributed by atoms with Crippen LogP contribution in [0.2, 0.25) is 0 Å². The molecule has 1 unspecified atom stereocenters. The highest BCUT2D eigenvalue weighted by atomic mass is 16.5. The highest BCUT2D eigenvalue weighted by molar-refractivity contribution is 5.33. The van der Waals surface area contributed by atoms with Gasteiger partial charge < -0.3 is 15.4 Å². The molecule has 5 heteroatoms. The van der Waals surface area contributed by atoms with Crippen LogP contribution in [0.15, 0.2) is 12.3 Å². The van der Waals surface area contributed by atoms with Gasteiger partial charge in [0.05, 0.1) is 0 Å². The third-order valence-electron chi connectivity index (χ3n) is 2.52. The fraction of sp³-hybridized carbons (Fsp3) is 0.636. The Morgan fingerprint density at radius 2 is 2.56 bits per heavy atom. The number of piperidine rings is 1. The number of nitrogens with one attached hydrogen (secondary N) is 2. The Hall–Kier alpha value is -1.36. The summed E-state index contributed by atoms with van der Waals surface area (Å²) in [6, 6.07) is 2.31. The Morgan fingerprint density at radius 1 is 1.62 bits per heavy atom. The SMILES string of the molecule is CCNc1ccnc(OC2CCCNC2)n1. The second-order valence-electron chi connectivity index (χ2n) is 3.84. The second kappa shape index (κ2) is 5.65. The summed E-state index contributed by atoms with van der Waals surface area (Å²) in [4.78, 5) is 8.40. The summed E-state index contributed by atoms with van der Waals surface area (Å²) in [6.07, 6.45) is 4.14. The van der Waals surface area contributed by atoms with E-state index in [1.54, 1.807) is 6.20 Å². The number of hydrogen-bond donors (Lipinski definition) is 2. The Bertz CT molecular complexity index is 326. The number of aromatic nitrogens is 2. The molecular formula is C11H18N4O. The maximum Gasteiger partial charge on any atom is 0.318 e. The van der Waals surface area contributed by atoms with Crippen molar-refractivity contribution < 1.29 is 4.74 Å². The monoisotopic (exact) mass is 222 g/mol. The zero-order chi connectivity index (χ0) is 11.2. The lowest BCUT2D eigenvalue weighted by atomic mass is 10.1. The van der Waals surface area contributed by atoms with Crippen molar-refractivity contribution in [1.82, 2.24) is 15.3 Å². The van der Waals surface area contributed by atoms with Gasteiger partial charge in [-0.15, -0.1) is 0 Å². The van der Waals surface area contributed by atoms with Crippen LogP contribution in [-0.2, 0) is 0 Å². The lowest BCUT2D eigenvalue weighted by Gasteiger charge is -2.22.